The molecule has 0 aliphatic heterocycles. The molecule has 0 amide bonds. The maximum absolute atomic E-state index is 9.83. The van der Waals surface area contributed by atoms with E-state index < -0.39 is 0 Å². The molecule has 2 rings (SSSR count). The average Bonchev–Trinajstić information content (AvgIpc) is 2.32. The molecule has 0 bridgehead atoms. The molecule has 0 aliphatic rings. The van der Waals surface area contributed by atoms with E-state index in [0.29, 0.717) is 11.7 Å². The summed E-state index contributed by atoms with van der Waals surface area (Å²) in [4.78, 5) is 0. The first-order chi connectivity index (χ1) is 8.18. The van der Waals surface area contributed by atoms with Gasteiger partial charge in [-0.2, -0.15) is 0 Å². The third-order valence-corrected chi connectivity index (χ3v) is 3.26. The molecular formula is C16H18O. The van der Waals surface area contributed by atoms with Gasteiger partial charge in [-0.15, -0.1) is 0 Å². The molecule has 0 heterocycles. The van der Waals surface area contributed by atoms with Crippen LogP contribution < -0.4 is 0 Å². The second kappa shape index (κ2) is 5.05. The minimum Gasteiger partial charge on any atom is -0.508 e. The summed E-state index contributed by atoms with van der Waals surface area (Å²) in [5, 5.41) is 9.83. The van der Waals surface area contributed by atoms with Crippen LogP contribution in [0.5, 0.6) is 5.75 Å². The topological polar surface area (TPSA) is 20.2 Å². The van der Waals surface area contributed by atoms with Crippen molar-refractivity contribution >= 4 is 0 Å². The Hall–Kier alpha value is -1.76. The molecule has 2 aromatic rings. The van der Waals surface area contributed by atoms with Gasteiger partial charge in [-0.1, -0.05) is 49.4 Å². The van der Waals surface area contributed by atoms with Crippen LogP contribution in [0.3, 0.4) is 0 Å². The van der Waals surface area contributed by atoms with E-state index in [4.69, 9.17) is 0 Å². The van der Waals surface area contributed by atoms with Crippen LogP contribution in [0.2, 0.25) is 0 Å². The number of aryl methyl sites for hydroxylation is 1. The second-order valence-corrected chi connectivity index (χ2v) is 4.59. The first-order valence-corrected chi connectivity index (χ1v) is 6.01. The predicted octanol–water partition coefficient (Wildman–Crippen LogP) is 4.05. The van der Waals surface area contributed by atoms with Crippen LogP contribution in [0.15, 0.2) is 48.5 Å². The Morgan fingerprint density at radius 3 is 2.35 bits per heavy atom. The summed E-state index contributed by atoms with van der Waals surface area (Å²) in [6, 6.07) is 16.0. The molecule has 0 fully saturated rings. The van der Waals surface area contributed by atoms with Gasteiger partial charge in [-0.3, -0.25) is 0 Å². The minimum atomic E-state index is 0.331. The molecule has 88 valence electrons. The van der Waals surface area contributed by atoms with Crippen molar-refractivity contribution in [2.45, 2.75) is 26.2 Å². The van der Waals surface area contributed by atoms with Crippen molar-refractivity contribution in [1.29, 1.82) is 0 Å². The molecule has 0 aromatic heterocycles. The highest BCUT2D eigenvalue weighted by Crippen LogP contribution is 2.28. The highest BCUT2D eigenvalue weighted by Gasteiger charge is 2.11. The van der Waals surface area contributed by atoms with E-state index in [9.17, 15) is 5.11 Å². The van der Waals surface area contributed by atoms with E-state index in [1.165, 1.54) is 11.1 Å². The molecule has 0 saturated heterocycles. The number of aromatic hydroxyl groups is 1. The summed E-state index contributed by atoms with van der Waals surface area (Å²) in [6.07, 6.45) is 0.963. The van der Waals surface area contributed by atoms with E-state index in [1.807, 2.05) is 18.2 Å². The Morgan fingerprint density at radius 2 is 1.65 bits per heavy atom. The zero-order valence-corrected chi connectivity index (χ0v) is 10.4. The molecule has 17 heavy (non-hydrogen) atoms. The molecular weight excluding hydrogens is 208 g/mol. The fourth-order valence-electron chi connectivity index (χ4n) is 2.18. The van der Waals surface area contributed by atoms with Gasteiger partial charge in [-0.05, 0) is 42.0 Å². The van der Waals surface area contributed by atoms with E-state index in [2.05, 4.69) is 38.1 Å². The Morgan fingerprint density at radius 1 is 1.00 bits per heavy atom. The quantitative estimate of drug-likeness (QED) is 0.837. The smallest absolute Gasteiger partial charge is 0.119 e. The van der Waals surface area contributed by atoms with Gasteiger partial charge in [0, 0.05) is 0 Å². The monoisotopic (exact) mass is 226 g/mol. The van der Waals surface area contributed by atoms with Crippen molar-refractivity contribution in [3.63, 3.8) is 0 Å². The highest BCUT2D eigenvalue weighted by molar-refractivity contribution is 5.36. The number of benzene rings is 2. The lowest BCUT2D eigenvalue weighted by molar-refractivity contribution is 0.462. The number of hydrogen-bond acceptors (Lipinski definition) is 1. The van der Waals surface area contributed by atoms with E-state index in [-0.39, 0.29) is 0 Å². The van der Waals surface area contributed by atoms with Crippen LogP contribution in [0, 0.1) is 6.92 Å². The standard InChI is InChI=1S/C16H18O/c1-12-7-3-4-8-14(12)11-13(2)15-9-5-6-10-16(15)17/h3-10,13,17H,11H2,1-2H3. The van der Waals surface area contributed by atoms with Crippen molar-refractivity contribution in [2.75, 3.05) is 0 Å². The molecule has 1 N–H and O–H groups in total. The van der Waals surface area contributed by atoms with Gasteiger partial charge < -0.3 is 5.11 Å². The first-order valence-electron chi connectivity index (χ1n) is 6.01. The second-order valence-electron chi connectivity index (χ2n) is 4.59. The van der Waals surface area contributed by atoms with Crippen LogP contribution in [-0.2, 0) is 6.42 Å². The zero-order chi connectivity index (χ0) is 12.3. The molecule has 0 saturated carbocycles. The van der Waals surface area contributed by atoms with Gasteiger partial charge in [0.1, 0.15) is 5.75 Å². The molecule has 1 atom stereocenters. The van der Waals surface area contributed by atoms with Crippen molar-refractivity contribution in [3.8, 4) is 5.75 Å². The van der Waals surface area contributed by atoms with Gasteiger partial charge in [0.15, 0.2) is 0 Å². The summed E-state index contributed by atoms with van der Waals surface area (Å²) in [6.45, 7) is 4.29. The van der Waals surface area contributed by atoms with E-state index in [1.54, 1.807) is 6.07 Å². The number of para-hydroxylation sites is 1. The lowest BCUT2D eigenvalue weighted by Crippen LogP contribution is -2.00. The van der Waals surface area contributed by atoms with E-state index >= 15 is 0 Å². The summed E-state index contributed by atoms with van der Waals surface area (Å²) >= 11 is 0. The first kappa shape index (κ1) is 11.7. The zero-order valence-electron chi connectivity index (χ0n) is 10.4. The lowest BCUT2D eigenvalue weighted by Gasteiger charge is -2.14. The SMILES string of the molecule is Cc1ccccc1CC(C)c1ccccc1O. The Labute approximate surface area is 103 Å². The largest absolute Gasteiger partial charge is 0.508 e. The third-order valence-electron chi connectivity index (χ3n) is 3.26. The molecule has 1 heteroatoms. The summed E-state index contributed by atoms with van der Waals surface area (Å²) in [5.41, 5.74) is 3.69. The molecule has 0 spiro atoms. The number of rotatable bonds is 3. The average molecular weight is 226 g/mol. The van der Waals surface area contributed by atoms with Crippen LogP contribution in [-0.4, -0.2) is 5.11 Å². The minimum absolute atomic E-state index is 0.331. The maximum Gasteiger partial charge on any atom is 0.119 e. The van der Waals surface area contributed by atoms with Gasteiger partial charge in [-0.25, -0.2) is 0 Å². The van der Waals surface area contributed by atoms with E-state index in [0.717, 1.165) is 12.0 Å². The van der Waals surface area contributed by atoms with Crippen molar-refractivity contribution in [2.24, 2.45) is 0 Å². The van der Waals surface area contributed by atoms with Crippen LogP contribution in [0.25, 0.3) is 0 Å². The molecule has 1 unspecified atom stereocenters. The third kappa shape index (κ3) is 2.68. The molecule has 2 aromatic carbocycles. The molecule has 0 radical (unpaired) electrons. The summed E-state index contributed by atoms with van der Waals surface area (Å²) in [5.74, 6) is 0.728. The predicted molar refractivity (Wildman–Crippen MR) is 71.4 cm³/mol. The number of phenolic OH excluding ortho intramolecular Hbond substituents is 1. The number of hydrogen-bond donors (Lipinski definition) is 1. The summed E-state index contributed by atoms with van der Waals surface area (Å²) in [7, 11) is 0. The Balaban J connectivity index is 2.20. The van der Waals surface area contributed by atoms with Gasteiger partial charge in [0.05, 0.1) is 0 Å². The Bertz CT molecular complexity index is 502. The van der Waals surface area contributed by atoms with Crippen molar-refractivity contribution < 1.29 is 5.11 Å². The maximum atomic E-state index is 9.83. The normalized spacial score (nSPS) is 12.4. The van der Waals surface area contributed by atoms with Gasteiger partial charge >= 0.3 is 0 Å². The van der Waals surface area contributed by atoms with Crippen molar-refractivity contribution in [1.82, 2.24) is 0 Å². The van der Waals surface area contributed by atoms with Crippen LogP contribution >= 0.6 is 0 Å². The van der Waals surface area contributed by atoms with Gasteiger partial charge in [0.25, 0.3) is 0 Å². The highest BCUT2D eigenvalue weighted by atomic mass is 16.3. The summed E-state index contributed by atoms with van der Waals surface area (Å²) < 4.78 is 0. The fraction of sp³-hybridized carbons (Fsp3) is 0.250. The van der Waals surface area contributed by atoms with Crippen molar-refractivity contribution in [3.05, 3.63) is 65.2 Å². The lowest BCUT2D eigenvalue weighted by atomic mass is 9.91. The Kier molecular flexibility index (Phi) is 3.48. The van der Waals surface area contributed by atoms with Crippen LogP contribution in [0.1, 0.15) is 29.5 Å². The van der Waals surface area contributed by atoms with Crippen LogP contribution in [0.4, 0.5) is 0 Å². The molecule has 0 aliphatic carbocycles. The van der Waals surface area contributed by atoms with Gasteiger partial charge in [0.2, 0.25) is 0 Å². The fourth-order valence-corrected chi connectivity index (χ4v) is 2.18. The number of phenols is 1. The molecule has 1 nitrogen and oxygen atoms in total.